The summed E-state index contributed by atoms with van der Waals surface area (Å²) in [6.07, 6.45) is 0. The number of aromatic nitrogens is 1. The number of halogens is 2. The summed E-state index contributed by atoms with van der Waals surface area (Å²) in [7, 11) is 0. The van der Waals surface area contributed by atoms with Gasteiger partial charge in [-0.1, -0.05) is 39.7 Å². The molecule has 3 aromatic rings. The van der Waals surface area contributed by atoms with Gasteiger partial charge in [0, 0.05) is 10.5 Å². The maximum Gasteiger partial charge on any atom is 0.106 e. The highest BCUT2D eigenvalue weighted by Gasteiger charge is 2.12. The third-order valence-corrected chi connectivity index (χ3v) is 4.82. The van der Waals surface area contributed by atoms with E-state index in [2.05, 4.69) is 45.3 Å². The molecule has 0 aliphatic heterocycles. The maximum absolute atomic E-state index is 6.31. The Morgan fingerprint density at radius 2 is 1.95 bits per heavy atom. The molecule has 1 N–H and O–H groups in total. The molecule has 0 aliphatic rings. The maximum atomic E-state index is 6.31. The van der Waals surface area contributed by atoms with E-state index >= 15 is 0 Å². The van der Waals surface area contributed by atoms with Crippen LogP contribution >= 0.6 is 38.9 Å². The molecule has 1 heterocycles. The average molecular weight is 368 g/mol. The lowest BCUT2D eigenvalue weighted by Gasteiger charge is -2.17. The van der Waals surface area contributed by atoms with Gasteiger partial charge in [0.25, 0.3) is 0 Å². The van der Waals surface area contributed by atoms with Gasteiger partial charge in [-0.05, 0) is 36.8 Å². The van der Waals surface area contributed by atoms with E-state index < -0.39 is 0 Å². The Balaban J connectivity index is 1.94. The number of benzene rings is 2. The molecule has 0 aliphatic carbocycles. The van der Waals surface area contributed by atoms with Gasteiger partial charge >= 0.3 is 0 Å². The molecule has 20 heavy (non-hydrogen) atoms. The summed E-state index contributed by atoms with van der Waals surface area (Å²) in [4.78, 5) is 4.40. The van der Waals surface area contributed by atoms with Crippen LogP contribution in [0.25, 0.3) is 10.2 Å². The van der Waals surface area contributed by atoms with Crippen molar-refractivity contribution < 1.29 is 0 Å². The number of hydrogen-bond donors (Lipinski definition) is 1. The fraction of sp³-hybridized carbons (Fsp3) is 0.133. The lowest BCUT2D eigenvalue weighted by Crippen LogP contribution is -2.07. The predicted molar refractivity (Wildman–Crippen MR) is 90.8 cm³/mol. The van der Waals surface area contributed by atoms with Crippen molar-refractivity contribution in [1.82, 2.24) is 4.98 Å². The standard InChI is InChI=1S/C15H12BrClN2S/c1-9(10-2-4-11(16)5-3-10)19-14-12(17)6-7-13-15(14)18-8-20-13/h2-9,19H,1H3. The highest BCUT2D eigenvalue weighted by Crippen LogP contribution is 2.34. The first-order chi connectivity index (χ1) is 9.65. The fourth-order valence-electron chi connectivity index (χ4n) is 2.10. The van der Waals surface area contributed by atoms with Crippen molar-refractivity contribution in [1.29, 1.82) is 0 Å². The van der Waals surface area contributed by atoms with E-state index in [1.54, 1.807) is 11.3 Å². The molecule has 5 heteroatoms. The monoisotopic (exact) mass is 366 g/mol. The molecule has 1 atom stereocenters. The van der Waals surface area contributed by atoms with Crippen LogP contribution in [0.2, 0.25) is 5.02 Å². The van der Waals surface area contributed by atoms with Gasteiger partial charge in [0.2, 0.25) is 0 Å². The molecule has 2 aromatic carbocycles. The second kappa shape index (κ2) is 5.72. The molecule has 0 bridgehead atoms. The molecular weight excluding hydrogens is 356 g/mol. The summed E-state index contributed by atoms with van der Waals surface area (Å²) in [5, 5.41) is 4.17. The van der Waals surface area contributed by atoms with E-state index in [0.29, 0.717) is 5.02 Å². The molecule has 1 unspecified atom stereocenters. The zero-order valence-corrected chi connectivity index (χ0v) is 13.9. The van der Waals surface area contributed by atoms with E-state index in [1.807, 2.05) is 29.8 Å². The van der Waals surface area contributed by atoms with E-state index in [-0.39, 0.29) is 6.04 Å². The van der Waals surface area contributed by atoms with Gasteiger partial charge in [-0.2, -0.15) is 0 Å². The average Bonchev–Trinajstić information content (AvgIpc) is 2.91. The summed E-state index contributed by atoms with van der Waals surface area (Å²) in [5.74, 6) is 0. The number of nitrogens with zero attached hydrogens (tertiary/aromatic N) is 1. The Hall–Kier alpha value is -1.10. The molecule has 0 spiro atoms. The Morgan fingerprint density at radius 1 is 1.20 bits per heavy atom. The number of rotatable bonds is 3. The van der Waals surface area contributed by atoms with Crippen LogP contribution in [0.5, 0.6) is 0 Å². The Kier molecular flexibility index (Phi) is 3.96. The van der Waals surface area contributed by atoms with Crippen molar-refractivity contribution >= 4 is 54.8 Å². The summed E-state index contributed by atoms with van der Waals surface area (Å²) >= 11 is 11.4. The number of anilines is 1. The van der Waals surface area contributed by atoms with Crippen molar-refractivity contribution in [3.63, 3.8) is 0 Å². The van der Waals surface area contributed by atoms with Crippen LogP contribution in [0.15, 0.2) is 46.4 Å². The third-order valence-electron chi connectivity index (χ3n) is 3.18. The Morgan fingerprint density at radius 3 is 2.70 bits per heavy atom. The first kappa shape index (κ1) is 13.9. The number of hydrogen-bond acceptors (Lipinski definition) is 3. The second-order valence-electron chi connectivity index (χ2n) is 4.54. The largest absolute Gasteiger partial charge is 0.376 e. The minimum absolute atomic E-state index is 0.160. The first-order valence-corrected chi connectivity index (χ1v) is 8.24. The van der Waals surface area contributed by atoms with E-state index in [1.165, 1.54) is 5.56 Å². The van der Waals surface area contributed by atoms with Crippen molar-refractivity contribution in [2.75, 3.05) is 5.32 Å². The summed E-state index contributed by atoms with van der Waals surface area (Å²) < 4.78 is 2.22. The first-order valence-electron chi connectivity index (χ1n) is 6.19. The van der Waals surface area contributed by atoms with Crippen molar-refractivity contribution in [2.45, 2.75) is 13.0 Å². The zero-order chi connectivity index (χ0) is 14.1. The molecule has 0 saturated carbocycles. The molecular formula is C15H12BrClN2S. The Bertz CT molecular complexity index is 739. The van der Waals surface area contributed by atoms with Crippen LogP contribution in [0.1, 0.15) is 18.5 Å². The number of fused-ring (bicyclic) bond motifs is 1. The number of nitrogens with one attached hydrogen (secondary N) is 1. The van der Waals surface area contributed by atoms with Gasteiger partial charge in [0.1, 0.15) is 5.52 Å². The van der Waals surface area contributed by atoms with Crippen LogP contribution in [-0.2, 0) is 0 Å². The lowest BCUT2D eigenvalue weighted by molar-refractivity contribution is 0.886. The quantitative estimate of drug-likeness (QED) is 0.624. The topological polar surface area (TPSA) is 24.9 Å². The summed E-state index contributed by atoms with van der Waals surface area (Å²) in [6.45, 7) is 2.12. The van der Waals surface area contributed by atoms with Gasteiger partial charge < -0.3 is 5.32 Å². The zero-order valence-electron chi connectivity index (χ0n) is 10.7. The summed E-state index contributed by atoms with van der Waals surface area (Å²) in [5.41, 5.74) is 4.89. The highest BCUT2D eigenvalue weighted by atomic mass is 79.9. The third kappa shape index (κ3) is 2.68. The molecule has 2 nitrogen and oxygen atoms in total. The van der Waals surface area contributed by atoms with Gasteiger partial charge in [0.15, 0.2) is 0 Å². The second-order valence-corrected chi connectivity index (χ2v) is 6.75. The van der Waals surface area contributed by atoms with Crippen molar-refractivity contribution in [2.24, 2.45) is 0 Å². The molecule has 0 radical (unpaired) electrons. The number of thiazole rings is 1. The molecule has 0 fully saturated rings. The van der Waals surface area contributed by atoms with Gasteiger partial charge in [-0.15, -0.1) is 11.3 Å². The highest BCUT2D eigenvalue weighted by molar-refractivity contribution is 9.10. The van der Waals surface area contributed by atoms with E-state index in [0.717, 1.165) is 20.4 Å². The van der Waals surface area contributed by atoms with Crippen LogP contribution in [-0.4, -0.2) is 4.98 Å². The van der Waals surface area contributed by atoms with Gasteiger partial charge in [-0.3, -0.25) is 0 Å². The van der Waals surface area contributed by atoms with Gasteiger partial charge in [0.05, 0.1) is 20.9 Å². The minimum Gasteiger partial charge on any atom is -0.376 e. The molecule has 102 valence electrons. The molecule has 1 aromatic heterocycles. The van der Waals surface area contributed by atoms with Crippen molar-refractivity contribution in [3.05, 3.63) is 57.0 Å². The van der Waals surface area contributed by atoms with Crippen LogP contribution in [0, 0.1) is 0 Å². The fourth-order valence-corrected chi connectivity index (χ4v) is 3.25. The van der Waals surface area contributed by atoms with Crippen molar-refractivity contribution in [3.8, 4) is 0 Å². The SMILES string of the molecule is CC(Nc1c(Cl)ccc2scnc12)c1ccc(Br)cc1. The Labute approximate surface area is 134 Å². The normalized spacial score (nSPS) is 12.6. The lowest BCUT2D eigenvalue weighted by atomic mass is 10.1. The van der Waals surface area contributed by atoms with E-state index in [9.17, 15) is 0 Å². The minimum atomic E-state index is 0.160. The van der Waals surface area contributed by atoms with Gasteiger partial charge in [-0.25, -0.2) is 4.98 Å². The molecule has 0 amide bonds. The summed E-state index contributed by atoms with van der Waals surface area (Å²) in [6, 6.07) is 12.3. The molecule has 0 saturated heterocycles. The van der Waals surface area contributed by atoms with Crippen LogP contribution in [0.4, 0.5) is 5.69 Å². The molecule has 3 rings (SSSR count). The van der Waals surface area contributed by atoms with E-state index in [4.69, 9.17) is 11.6 Å². The van der Waals surface area contributed by atoms with Crippen LogP contribution in [0.3, 0.4) is 0 Å². The predicted octanol–water partition coefficient (Wildman–Crippen LogP) is 5.89. The smallest absolute Gasteiger partial charge is 0.106 e. The van der Waals surface area contributed by atoms with Crippen LogP contribution < -0.4 is 5.32 Å².